The lowest BCUT2D eigenvalue weighted by atomic mass is 10.0. The van der Waals surface area contributed by atoms with E-state index in [2.05, 4.69) is 13.1 Å². The first-order valence-corrected chi connectivity index (χ1v) is 5.99. The number of hydrogen-bond acceptors (Lipinski definition) is 2. The van der Waals surface area contributed by atoms with Crippen LogP contribution in [0.5, 0.6) is 5.75 Å². The average molecular weight is 253 g/mol. The smallest absolute Gasteiger partial charge is 0.128 e. The first-order chi connectivity index (χ1) is 8.10. The Kier molecular flexibility index (Phi) is 3.31. The van der Waals surface area contributed by atoms with Gasteiger partial charge < -0.3 is 15.0 Å². The maximum atomic E-state index is 6.24. The van der Waals surface area contributed by atoms with Gasteiger partial charge in [0.15, 0.2) is 0 Å². The number of nitrogens with zero attached hydrogens (tertiary/aromatic N) is 1. The molecular formula is C13H17ClN2O. The number of benzene rings is 1. The third-order valence-electron chi connectivity index (χ3n) is 3.17. The van der Waals surface area contributed by atoms with Crippen LogP contribution in [0.1, 0.15) is 18.4 Å². The third kappa shape index (κ3) is 1.90. The van der Waals surface area contributed by atoms with Crippen molar-refractivity contribution in [3.05, 3.63) is 28.9 Å². The Morgan fingerprint density at radius 1 is 1.47 bits per heavy atom. The molecule has 92 valence electrons. The summed E-state index contributed by atoms with van der Waals surface area (Å²) in [6.45, 7) is 2.71. The molecule has 1 unspecified atom stereocenters. The molecule has 2 rings (SSSR count). The van der Waals surface area contributed by atoms with Crippen LogP contribution in [0.3, 0.4) is 0 Å². The van der Waals surface area contributed by atoms with Gasteiger partial charge in [-0.2, -0.15) is 0 Å². The standard InChI is InChI=1S/C13H17ClN2O/c1-8(6-15)9-7-16(2)13-10(14)4-5-11(17-3)12(9)13/h4-5,7-8H,6,15H2,1-3H3. The summed E-state index contributed by atoms with van der Waals surface area (Å²) < 4.78 is 7.45. The van der Waals surface area contributed by atoms with Gasteiger partial charge in [0.25, 0.3) is 0 Å². The Bertz CT molecular complexity index is 548. The Morgan fingerprint density at radius 3 is 2.76 bits per heavy atom. The second-order valence-corrected chi connectivity index (χ2v) is 4.71. The molecule has 1 aromatic carbocycles. The van der Waals surface area contributed by atoms with Crippen LogP contribution in [0.2, 0.25) is 5.02 Å². The van der Waals surface area contributed by atoms with E-state index >= 15 is 0 Å². The summed E-state index contributed by atoms with van der Waals surface area (Å²) in [6, 6.07) is 3.76. The van der Waals surface area contributed by atoms with Gasteiger partial charge in [-0.25, -0.2) is 0 Å². The van der Waals surface area contributed by atoms with Gasteiger partial charge in [0.1, 0.15) is 5.75 Å². The number of ether oxygens (including phenoxy) is 1. The molecule has 0 aliphatic heterocycles. The second-order valence-electron chi connectivity index (χ2n) is 4.31. The molecule has 17 heavy (non-hydrogen) atoms. The van der Waals surface area contributed by atoms with E-state index < -0.39 is 0 Å². The minimum atomic E-state index is 0.283. The molecule has 4 heteroatoms. The fourth-order valence-electron chi connectivity index (χ4n) is 2.18. The Balaban J connectivity index is 2.82. The summed E-state index contributed by atoms with van der Waals surface area (Å²) in [4.78, 5) is 0. The second kappa shape index (κ2) is 4.59. The van der Waals surface area contributed by atoms with Crippen molar-refractivity contribution >= 4 is 22.5 Å². The van der Waals surface area contributed by atoms with Crippen molar-refractivity contribution in [2.45, 2.75) is 12.8 Å². The van der Waals surface area contributed by atoms with Gasteiger partial charge in [0.05, 0.1) is 17.6 Å². The molecule has 1 atom stereocenters. The van der Waals surface area contributed by atoms with Gasteiger partial charge in [-0.1, -0.05) is 18.5 Å². The molecular weight excluding hydrogens is 236 g/mol. The van der Waals surface area contributed by atoms with Gasteiger partial charge in [0, 0.05) is 18.6 Å². The van der Waals surface area contributed by atoms with Crippen LogP contribution in [0, 0.1) is 0 Å². The van der Waals surface area contributed by atoms with Crippen LogP contribution in [-0.4, -0.2) is 18.2 Å². The highest BCUT2D eigenvalue weighted by molar-refractivity contribution is 6.35. The number of nitrogens with two attached hydrogens (primary N) is 1. The Labute approximate surface area is 106 Å². The van der Waals surface area contributed by atoms with E-state index in [4.69, 9.17) is 22.1 Å². The molecule has 0 saturated carbocycles. The van der Waals surface area contributed by atoms with Crippen LogP contribution >= 0.6 is 11.6 Å². The van der Waals surface area contributed by atoms with Crippen molar-refractivity contribution in [3.63, 3.8) is 0 Å². The van der Waals surface area contributed by atoms with E-state index in [9.17, 15) is 0 Å². The van der Waals surface area contributed by atoms with Crippen LogP contribution < -0.4 is 10.5 Å². The number of aromatic nitrogens is 1. The maximum absolute atomic E-state index is 6.24. The summed E-state index contributed by atoms with van der Waals surface area (Å²) in [7, 11) is 3.66. The maximum Gasteiger partial charge on any atom is 0.128 e. The topological polar surface area (TPSA) is 40.2 Å². The zero-order valence-corrected chi connectivity index (χ0v) is 11.1. The van der Waals surface area contributed by atoms with E-state index in [1.807, 2.05) is 23.7 Å². The van der Waals surface area contributed by atoms with E-state index in [0.717, 1.165) is 21.7 Å². The Hall–Kier alpha value is -1.19. The summed E-state index contributed by atoms with van der Waals surface area (Å²) in [5, 5.41) is 1.80. The van der Waals surface area contributed by atoms with Crippen LogP contribution in [-0.2, 0) is 7.05 Å². The summed E-state index contributed by atoms with van der Waals surface area (Å²) in [5.74, 6) is 1.13. The van der Waals surface area contributed by atoms with Crippen molar-refractivity contribution in [1.29, 1.82) is 0 Å². The van der Waals surface area contributed by atoms with Gasteiger partial charge in [-0.15, -0.1) is 0 Å². The van der Waals surface area contributed by atoms with Gasteiger partial charge in [-0.3, -0.25) is 0 Å². The molecule has 0 amide bonds. The number of halogens is 1. The predicted molar refractivity (Wildman–Crippen MR) is 72.0 cm³/mol. The van der Waals surface area contributed by atoms with Crippen molar-refractivity contribution in [3.8, 4) is 5.75 Å². The molecule has 2 N–H and O–H groups in total. The molecule has 0 bridgehead atoms. The summed E-state index contributed by atoms with van der Waals surface area (Å²) in [5.41, 5.74) is 7.94. The molecule has 1 heterocycles. The highest BCUT2D eigenvalue weighted by Gasteiger charge is 2.17. The zero-order valence-electron chi connectivity index (χ0n) is 10.3. The van der Waals surface area contributed by atoms with E-state index in [1.165, 1.54) is 5.56 Å². The first-order valence-electron chi connectivity index (χ1n) is 5.61. The first kappa shape index (κ1) is 12.3. The van der Waals surface area contributed by atoms with Crippen molar-refractivity contribution in [2.24, 2.45) is 12.8 Å². The van der Waals surface area contributed by atoms with E-state index in [0.29, 0.717) is 6.54 Å². The largest absolute Gasteiger partial charge is 0.496 e. The molecule has 0 aliphatic rings. The number of methoxy groups -OCH3 is 1. The van der Waals surface area contributed by atoms with Crippen molar-refractivity contribution < 1.29 is 4.74 Å². The molecule has 0 saturated heterocycles. The normalized spacial score (nSPS) is 13.0. The average Bonchev–Trinajstić information content (AvgIpc) is 2.68. The van der Waals surface area contributed by atoms with Crippen LogP contribution in [0.25, 0.3) is 10.9 Å². The highest BCUT2D eigenvalue weighted by Crippen LogP contribution is 2.37. The minimum absolute atomic E-state index is 0.283. The van der Waals surface area contributed by atoms with Crippen molar-refractivity contribution in [2.75, 3.05) is 13.7 Å². The zero-order chi connectivity index (χ0) is 12.6. The molecule has 0 fully saturated rings. The van der Waals surface area contributed by atoms with E-state index in [1.54, 1.807) is 7.11 Å². The number of aryl methyl sites for hydroxylation is 1. The summed E-state index contributed by atoms with van der Waals surface area (Å²) in [6.07, 6.45) is 2.08. The lowest BCUT2D eigenvalue weighted by Crippen LogP contribution is -2.08. The SMILES string of the molecule is COc1ccc(Cl)c2c1c(C(C)CN)cn2C. The predicted octanol–water partition coefficient (Wildman–Crippen LogP) is 2.90. The Morgan fingerprint density at radius 2 is 2.18 bits per heavy atom. The molecule has 2 aromatic rings. The molecule has 0 radical (unpaired) electrons. The molecule has 1 aromatic heterocycles. The lowest BCUT2D eigenvalue weighted by molar-refractivity contribution is 0.419. The van der Waals surface area contributed by atoms with Gasteiger partial charge in [-0.05, 0) is 30.2 Å². The number of rotatable bonds is 3. The third-order valence-corrected chi connectivity index (χ3v) is 3.47. The molecule has 0 aliphatic carbocycles. The number of hydrogen-bond donors (Lipinski definition) is 1. The monoisotopic (exact) mass is 252 g/mol. The minimum Gasteiger partial charge on any atom is -0.496 e. The quantitative estimate of drug-likeness (QED) is 0.913. The fourth-order valence-corrected chi connectivity index (χ4v) is 2.47. The van der Waals surface area contributed by atoms with Gasteiger partial charge >= 0.3 is 0 Å². The summed E-state index contributed by atoms with van der Waals surface area (Å²) >= 11 is 6.24. The number of fused-ring (bicyclic) bond motifs is 1. The van der Waals surface area contributed by atoms with E-state index in [-0.39, 0.29) is 5.92 Å². The highest BCUT2D eigenvalue weighted by atomic mass is 35.5. The molecule has 0 spiro atoms. The van der Waals surface area contributed by atoms with Crippen molar-refractivity contribution in [1.82, 2.24) is 4.57 Å². The lowest BCUT2D eigenvalue weighted by Gasteiger charge is -2.10. The van der Waals surface area contributed by atoms with Crippen LogP contribution in [0.4, 0.5) is 0 Å². The van der Waals surface area contributed by atoms with Crippen LogP contribution in [0.15, 0.2) is 18.3 Å². The van der Waals surface area contributed by atoms with Gasteiger partial charge in [0.2, 0.25) is 0 Å². The molecule has 3 nitrogen and oxygen atoms in total. The fraction of sp³-hybridized carbons (Fsp3) is 0.385.